The quantitative estimate of drug-likeness (QED) is 0.713. The molecule has 1 saturated carbocycles. The maximum atomic E-state index is 12.0. The molecule has 15 heavy (non-hydrogen) atoms. The van der Waals surface area contributed by atoms with Crippen LogP contribution in [0.3, 0.4) is 0 Å². The van der Waals surface area contributed by atoms with Crippen molar-refractivity contribution in [3.8, 4) is 0 Å². The van der Waals surface area contributed by atoms with Crippen molar-refractivity contribution in [1.29, 1.82) is 0 Å². The van der Waals surface area contributed by atoms with Gasteiger partial charge in [-0.05, 0) is 19.1 Å². The molecule has 1 fully saturated rings. The molecule has 0 saturated heterocycles. The molecule has 0 atom stereocenters. The molecular formula is C10H15N3OS. The van der Waals surface area contributed by atoms with Gasteiger partial charge in [0.15, 0.2) is 5.16 Å². The van der Waals surface area contributed by atoms with Crippen molar-refractivity contribution in [3.63, 3.8) is 0 Å². The predicted molar refractivity (Wildman–Crippen MR) is 60.3 cm³/mol. The monoisotopic (exact) mass is 225 g/mol. The van der Waals surface area contributed by atoms with Gasteiger partial charge in [0.1, 0.15) is 5.69 Å². The van der Waals surface area contributed by atoms with Gasteiger partial charge in [0, 0.05) is 12.5 Å². The van der Waals surface area contributed by atoms with Gasteiger partial charge in [-0.15, -0.1) is 10.2 Å². The van der Waals surface area contributed by atoms with E-state index >= 15 is 0 Å². The Bertz CT molecular complexity index is 437. The predicted octanol–water partition coefficient (Wildman–Crippen LogP) is 1.34. The minimum atomic E-state index is -0.0290. The van der Waals surface area contributed by atoms with E-state index in [0.717, 1.165) is 12.8 Å². The van der Waals surface area contributed by atoms with Crippen molar-refractivity contribution < 1.29 is 0 Å². The molecule has 1 aromatic heterocycles. The normalized spacial score (nSPS) is 18.6. The zero-order chi connectivity index (χ0) is 11.1. The molecule has 1 aromatic rings. The average Bonchev–Trinajstić information content (AvgIpc) is 2.19. The Morgan fingerprint density at radius 3 is 2.53 bits per heavy atom. The maximum absolute atomic E-state index is 12.0. The molecule has 0 bridgehead atoms. The van der Waals surface area contributed by atoms with Crippen LogP contribution in [0.1, 0.15) is 31.9 Å². The molecule has 0 aliphatic heterocycles. The lowest BCUT2D eigenvalue weighted by Crippen LogP contribution is -2.40. The Morgan fingerprint density at radius 2 is 2.07 bits per heavy atom. The van der Waals surface area contributed by atoms with Crippen LogP contribution >= 0.6 is 11.8 Å². The Morgan fingerprint density at radius 1 is 1.40 bits per heavy atom. The third-order valence-electron chi connectivity index (χ3n) is 3.24. The molecule has 0 N–H and O–H groups in total. The number of nitrogens with zero attached hydrogens (tertiary/aromatic N) is 3. The molecule has 4 nitrogen and oxygen atoms in total. The molecule has 0 radical (unpaired) electrons. The Balaban J connectivity index is 2.51. The molecule has 0 amide bonds. The van der Waals surface area contributed by atoms with Gasteiger partial charge < -0.3 is 0 Å². The van der Waals surface area contributed by atoms with Crippen molar-refractivity contribution in [2.24, 2.45) is 7.05 Å². The molecule has 5 heteroatoms. The number of rotatable bonds is 2. The highest BCUT2D eigenvalue weighted by molar-refractivity contribution is 7.98. The van der Waals surface area contributed by atoms with Gasteiger partial charge in [0.25, 0.3) is 5.56 Å². The molecule has 0 spiro atoms. The molecule has 1 heterocycles. The number of thioether (sulfide) groups is 1. The average molecular weight is 225 g/mol. The summed E-state index contributed by atoms with van der Waals surface area (Å²) in [6.07, 6.45) is 5.19. The summed E-state index contributed by atoms with van der Waals surface area (Å²) in [5.74, 6) is 0. The molecule has 0 aromatic carbocycles. The number of aromatic nitrogens is 3. The van der Waals surface area contributed by atoms with E-state index in [4.69, 9.17) is 0 Å². The van der Waals surface area contributed by atoms with E-state index in [2.05, 4.69) is 17.1 Å². The molecule has 82 valence electrons. The summed E-state index contributed by atoms with van der Waals surface area (Å²) in [5.41, 5.74) is 0.615. The van der Waals surface area contributed by atoms with E-state index in [1.165, 1.54) is 18.2 Å². The third kappa shape index (κ3) is 1.58. The van der Waals surface area contributed by atoms with Crippen LogP contribution in [0.4, 0.5) is 0 Å². The summed E-state index contributed by atoms with van der Waals surface area (Å²) in [5, 5.41) is 8.85. The second-order valence-electron chi connectivity index (χ2n) is 4.31. The highest BCUT2D eigenvalue weighted by atomic mass is 32.2. The molecular weight excluding hydrogens is 210 g/mol. The summed E-state index contributed by atoms with van der Waals surface area (Å²) in [7, 11) is 1.76. The molecule has 1 aliphatic rings. The Labute approximate surface area is 93.1 Å². The smallest absolute Gasteiger partial charge is 0.276 e. The minimum Gasteiger partial charge on any atom is -0.288 e. The summed E-state index contributed by atoms with van der Waals surface area (Å²) < 4.78 is 1.59. The summed E-state index contributed by atoms with van der Waals surface area (Å²) in [4.78, 5) is 12.0. The van der Waals surface area contributed by atoms with Crippen LogP contribution in [0.25, 0.3) is 0 Å². The zero-order valence-electron chi connectivity index (χ0n) is 9.28. The van der Waals surface area contributed by atoms with Crippen LogP contribution in [-0.4, -0.2) is 21.0 Å². The van der Waals surface area contributed by atoms with Crippen LogP contribution in [-0.2, 0) is 12.5 Å². The Hall–Kier alpha value is -0.840. The Kier molecular flexibility index (Phi) is 2.58. The van der Waals surface area contributed by atoms with Crippen LogP contribution < -0.4 is 5.56 Å². The van der Waals surface area contributed by atoms with Crippen molar-refractivity contribution in [2.45, 2.75) is 36.8 Å². The fraction of sp³-hybridized carbons (Fsp3) is 0.700. The first kappa shape index (κ1) is 10.7. The summed E-state index contributed by atoms with van der Waals surface area (Å²) in [6, 6.07) is 0. The second kappa shape index (κ2) is 3.63. The van der Waals surface area contributed by atoms with Crippen molar-refractivity contribution in [3.05, 3.63) is 16.0 Å². The third-order valence-corrected chi connectivity index (χ3v) is 3.96. The summed E-state index contributed by atoms with van der Waals surface area (Å²) >= 11 is 1.44. The van der Waals surface area contributed by atoms with Gasteiger partial charge in [-0.3, -0.25) is 9.36 Å². The lowest BCUT2D eigenvalue weighted by Gasteiger charge is -2.36. The second-order valence-corrected chi connectivity index (χ2v) is 5.09. The largest absolute Gasteiger partial charge is 0.288 e. The van der Waals surface area contributed by atoms with Crippen LogP contribution in [0.2, 0.25) is 0 Å². The van der Waals surface area contributed by atoms with Gasteiger partial charge in [-0.25, -0.2) is 0 Å². The van der Waals surface area contributed by atoms with Crippen LogP contribution in [0.15, 0.2) is 9.95 Å². The fourth-order valence-electron chi connectivity index (χ4n) is 1.95. The van der Waals surface area contributed by atoms with Gasteiger partial charge in [-0.1, -0.05) is 25.1 Å². The molecule has 2 rings (SSSR count). The maximum Gasteiger partial charge on any atom is 0.276 e. The zero-order valence-corrected chi connectivity index (χ0v) is 10.1. The fourth-order valence-corrected chi connectivity index (χ4v) is 2.43. The van der Waals surface area contributed by atoms with E-state index in [0.29, 0.717) is 10.9 Å². The van der Waals surface area contributed by atoms with Crippen molar-refractivity contribution in [1.82, 2.24) is 14.8 Å². The first-order chi connectivity index (χ1) is 7.08. The van der Waals surface area contributed by atoms with Crippen LogP contribution in [0.5, 0.6) is 0 Å². The van der Waals surface area contributed by atoms with E-state index in [9.17, 15) is 4.79 Å². The van der Waals surface area contributed by atoms with Crippen LogP contribution in [0, 0.1) is 0 Å². The topological polar surface area (TPSA) is 47.8 Å². The van der Waals surface area contributed by atoms with Gasteiger partial charge >= 0.3 is 0 Å². The van der Waals surface area contributed by atoms with Gasteiger partial charge in [0.05, 0.1) is 0 Å². The molecule has 0 unspecified atom stereocenters. The highest BCUT2D eigenvalue weighted by Crippen LogP contribution is 2.40. The number of hydrogen-bond acceptors (Lipinski definition) is 4. The number of hydrogen-bond donors (Lipinski definition) is 0. The van der Waals surface area contributed by atoms with Crippen molar-refractivity contribution in [2.75, 3.05) is 6.26 Å². The molecule has 1 aliphatic carbocycles. The standard InChI is InChI=1S/C10H15N3OS/c1-10(5-4-6-10)7-8(14)13(2)9(15-3)12-11-7/h4-6H2,1-3H3. The van der Waals surface area contributed by atoms with E-state index < -0.39 is 0 Å². The lowest BCUT2D eigenvalue weighted by molar-refractivity contribution is 0.255. The van der Waals surface area contributed by atoms with Crippen molar-refractivity contribution >= 4 is 11.8 Å². The highest BCUT2D eigenvalue weighted by Gasteiger charge is 2.38. The van der Waals surface area contributed by atoms with Gasteiger partial charge in [-0.2, -0.15) is 0 Å². The first-order valence-electron chi connectivity index (χ1n) is 5.07. The minimum absolute atomic E-state index is 0.0107. The first-order valence-corrected chi connectivity index (χ1v) is 6.29. The van der Waals surface area contributed by atoms with E-state index in [1.54, 1.807) is 11.6 Å². The SMILES string of the molecule is CSc1nnc(C2(C)CCC2)c(=O)n1C. The van der Waals surface area contributed by atoms with E-state index in [1.807, 2.05) is 6.26 Å². The van der Waals surface area contributed by atoms with Gasteiger partial charge in [0.2, 0.25) is 0 Å². The van der Waals surface area contributed by atoms with E-state index in [-0.39, 0.29) is 11.0 Å². The summed E-state index contributed by atoms with van der Waals surface area (Å²) in [6.45, 7) is 2.10. The lowest BCUT2D eigenvalue weighted by atomic mass is 9.68.